The van der Waals surface area contributed by atoms with Gasteiger partial charge in [-0.1, -0.05) is 12.1 Å². The molecule has 0 aromatic heterocycles. The summed E-state index contributed by atoms with van der Waals surface area (Å²) in [5, 5.41) is 13.9. The van der Waals surface area contributed by atoms with Crippen molar-refractivity contribution >= 4 is 23.5 Å². The minimum absolute atomic E-state index is 0.0194. The van der Waals surface area contributed by atoms with Crippen molar-refractivity contribution < 1.29 is 19.2 Å². The lowest BCUT2D eigenvalue weighted by Crippen LogP contribution is -2.50. The van der Waals surface area contributed by atoms with E-state index in [0.29, 0.717) is 25.7 Å². The van der Waals surface area contributed by atoms with Crippen LogP contribution in [0.5, 0.6) is 0 Å². The number of nitrogens with one attached hydrogen (secondary N) is 1. The van der Waals surface area contributed by atoms with Crippen LogP contribution >= 0.6 is 0 Å². The van der Waals surface area contributed by atoms with Crippen LogP contribution in [0.3, 0.4) is 0 Å². The Morgan fingerprint density at radius 3 is 2.63 bits per heavy atom. The summed E-state index contributed by atoms with van der Waals surface area (Å²) in [6.45, 7) is 3.65. The molecule has 1 unspecified atom stereocenters. The molecule has 2 rings (SSSR count). The van der Waals surface area contributed by atoms with Crippen molar-refractivity contribution in [2.24, 2.45) is 10.9 Å². The number of nitro benzene ring substituents is 1. The van der Waals surface area contributed by atoms with E-state index in [1.807, 2.05) is 4.90 Å². The highest BCUT2D eigenvalue weighted by atomic mass is 16.6. The highest BCUT2D eigenvalue weighted by molar-refractivity contribution is 5.87. The highest BCUT2D eigenvalue weighted by Gasteiger charge is 2.28. The van der Waals surface area contributed by atoms with E-state index in [4.69, 9.17) is 4.74 Å². The van der Waals surface area contributed by atoms with Crippen LogP contribution in [0.2, 0.25) is 0 Å². The molecular formula is C20H29N5O5. The molecule has 1 heterocycles. The number of likely N-dealkylation sites (N-methyl/N-ethyl adjacent to an activating group) is 1. The van der Waals surface area contributed by atoms with Crippen molar-refractivity contribution in [1.82, 2.24) is 15.1 Å². The third-order valence-corrected chi connectivity index (χ3v) is 4.80. The average Bonchev–Trinajstić information content (AvgIpc) is 2.74. The Labute approximate surface area is 176 Å². The maximum atomic E-state index is 12.2. The van der Waals surface area contributed by atoms with E-state index in [1.165, 1.54) is 17.0 Å². The molecule has 1 N–H and O–H groups in total. The number of hydrogen-bond acceptors (Lipinski definition) is 6. The van der Waals surface area contributed by atoms with Crippen LogP contribution in [-0.4, -0.2) is 72.9 Å². The number of likely N-dealkylation sites (tertiary alicyclic amines) is 1. The van der Waals surface area contributed by atoms with Gasteiger partial charge in [-0.2, -0.15) is 0 Å². The smallest absolute Gasteiger partial charge is 0.310 e. The summed E-state index contributed by atoms with van der Waals surface area (Å²) in [5.74, 6) is -0.0366. The van der Waals surface area contributed by atoms with Gasteiger partial charge in [0, 0.05) is 39.3 Å². The van der Waals surface area contributed by atoms with Crippen molar-refractivity contribution in [3.8, 4) is 0 Å². The molecule has 10 nitrogen and oxygen atoms in total. The van der Waals surface area contributed by atoms with Gasteiger partial charge in [0.15, 0.2) is 5.96 Å². The Balaban J connectivity index is 2.14. The maximum absolute atomic E-state index is 12.2. The lowest BCUT2D eigenvalue weighted by molar-refractivity contribution is -0.384. The van der Waals surface area contributed by atoms with Gasteiger partial charge >= 0.3 is 5.97 Å². The van der Waals surface area contributed by atoms with Gasteiger partial charge in [0.05, 0.1) is 30.5 Å². The van der Waals surface area contributed by atoms with E-state index in [0.717, 1.165) is 18.4 Å². The number of aliphatic imine (C=N–C) groups is 1. The number of benzene rings is 1. The molecule has 1 aromatic carbocycles. The lowest BCUT2D eigenvalue weighted by Gasteiger charge is -2.34. The minimum atomic E-state index is -0.448. The van der Waals surface area contributed by atoms with Gasteiger partial charge < -0.3 is 19.9 Å². The van der Waals surface area contributed by atoms with Crippen LogP contribution in [-0.2, 0) is 20.9 Å². The van der Waals surface area contributed by atoms with E-state index in [2.05, 4.69) is 10.3 Å². The molecule has 1 amide bonds. The number of non-ortho nitro benzene ring substituents is 1. The van der Waals surface area contributed by atoms with E-state index in [-0.39, 0.29) is 36.6 Å². The summed E-state index contributed by atoms with van der Waals surface area (Å²) in [6, 6.07) is 6.18. The van der Waals surface area contributed by atoms with Crippen LogP contribution < -0.4 is 5.32 Å². The van der Waals surface area contributed by atoms with Gasteiger partial charge in [0.1, 0.15) is 0 Å². The second-order valence-corrected chi connectivity index (χ2v) is 7.24. The number of hydrogen-bond donors (Lipinski definition) is 1. The molecule has 1 fully saturated rings. The van der Waals surface area contributed by atoms with Gasteiger partial charge in [-0.05, 0) is 25.3 Å². The van der Waals surface area contributed by atoms with Crippen molar-refractivity contribution in [3.63, 3.8) is 0 Å². The Hall–Kier alpha value is -3.17. The van der Waals surface area contributed by atoms with Crippen LogP contribution in [0, 0.1) is 16.0 Å². The first-order valence-corrected chi connectivity index (χ1v) is 9.95. The second-order valence-electron chi connectivity index (χ2n) is 7.24. The number of nitrogens with zero attached hydrogens (tertiary/aromatic N) is 4. The molecule has 1 aliphatic heterocycles. The number of piperidine rings is 1. The Bertz CT molecular complexity index is 778. The van der Waals surface area contributed by atoms with Crippen LogP contribution in [0.4, 0.5) is 5.69 Å². The fourth-order valence-corrected chi connectivity index (χ4v) is 3.09. The zero-order chi connectivity index (χ0) is 22.1. The largest absolute Gasteiger partial charge is 0.466 e. The van der Waals surface area contributed by atoms with Crippen molar-refractivity contribution in [1.29, 1.82) is 0 Å². The molecule has 164 valence electrons. The second kappa shape index (κ2) is 11.1. The number of esters is 1. The fourth-order valence-electron chi connectivity index (χ4n) is 3.09. The first kappa shape index (κ1) is 23.1. The van der Waals surface area contributed by atoms with E-state index >= 15 is 0 Å². The normalized spacial score (nSPS) is 16.7. The molecule has 1 saturated heterocycles. The third kappa shape index (κ3) is 6.71. The molecule has 1 atom stereocenters. The summed E-state index contributed by atoms with van der Waals surface area (Å²) < 4.78 is 5.16. The van der Waals surface area contributed by atoms with E-state index < -0.39 is 4.92 Å². The molecular weight excluding hydrogens is 390 g/mol. The fraction of sp³-hybridized carbons (Fsp3) is 0.550. The number of ether oxygens (including phenoxy) is 1. The van der Waals surface area contributed by atoms with Crippen LogP contribution in [0.15, 0.2) is 29.3 Å². The summed E-state index contributed by atoms with van der Waals surface area (Å²) >= 11 is 0. The van der Waals surface area contributed by atoms with E-state index in [1.54, 1.807) is 33.2 Å². The molecule has 10 heteroatoms. The molecule has 1 aromatic rings. The highest BCUT2D eigenvalue weighted by Crippen LogP contribution is 2.19. The SMILES string of the molecule is CCOC(=O)C1CCCN(C(=NCc2ccc([N+](=O)[O-])cc2)NCC(=O)N(C)C)C1. The average molecular weight is 419 g/mol. The molecule has 0 saturated carbocycles. The number of rotatable bonds is 7. The zero-order valence-corrected chi connectivity index (χ0v) is 17.7. The Kier molecular flexibility index (Phi) is 8.57. The predicted octanol–water partition coefficient (Wildman–Crippen LogP) is 1.40. The number of carbonyl (C=O) groups is 2. The summed E-state index contributed by atoms with van der Waals surface area (Å²) in [6.07, 6.45) is 1.56. The summed E-state index contributed by atoms with van der Waals surface area (Å²) in [4.78, 5) is 42.6. The Morgan fingerprint density at radius 1 is 1.33 bits per heavy atom. The van der Waals surface area contributed by atoms with Crippen molar-refractivity contribution in [2.45, 2.75) is 26.3 Å². The van der Waals surface area contributed by atoms with Crippen LogP contribution in [0.1, 0.15) is 25.3 Å². The predicted molar refractivity (Wildman–Crippen MR) is 112 cm³/mol. The minimum Gasteiger partial charge on any atom is -0.466 e. The zero-order valence-electron chi connectivity index (χ0n) is 17.7. The quantitative estimate of drug-likeness (QED) is 0.233. The topological polar surface area (TPSA) is 117 Å². The molecule has 0 bridgehead atoms. The summed E-state index contributed by atoms with van der Waals surface area (Å²) in [5.41, 5.74) is 0.823. The summed E-state index contributed by atoms with van der Waals surface area (Å²) in [7, 11) is 3.35. The molecule has 1 aliphatic rings. The molecule has 0 spiro atoms. The van der Waals surface area contributed by atoms with Crippen molar-refractivity contribution in [2.75, 3.05) is 40.3 Å². The van der Waals surface area contributed by atoms with Gasteiger partial charge in [-0.3, -0.25) is 19.7 Å². The number of guanidine groups is 1. The van der Waals surface area contributed by atoms with Crippen molar-refractivity contribution in [3.05, 3.63) is 39.9 Å². The van der Waals surface area contributed by atoms with Gasteiger partial charge in [0.25, 0.3) is 5.69 Å². The van der Waals surface area contributed by atoms with E-state index in [9.17, 15) is 19.7 Å². The lowest BCUT2D eigenvalue weighted by atomic mass is 9.98. The first-order chi connectivity index (χ1) is 14.3. The number of amides is 1. The van der Waals surface area contributed by atoms with Gasteiger partial charge in [0.2, 0.25) is 5.91 Å². The molecule has 0 radical (unpaired) electrons. The monoisotopic (exact) mass is 419 g/mol. The third-order valence-electron chi connectivity index (χ3n) is 4.80. The number of nitro groups is 1. The van der Waals surface area contributed by atoms with Gasteiger partial charge in [-0.25, -0.2) is 4.99 Å². The molecule has 0 aliphatic carbocycles. The van der Waals surface area contributed by atoms with Crippen LogP contribution in [0.25, 0.3) is 0 Å². The van der Waals surface area contributed by atoms with Gasteiger partial charge in [-0.15, -0.1) is 0 Å². The first-order valence-electron chi connectivity index (χ1n) is 9.95. The number of carbonyl (C=O) groups excluding carboxylic acids is 2. The maximum Gasteiger partial charge on any atom is 0.310 e. The Morgan fingerprint density at radius 2 is 2.03 bits per heavy atom. The standard InChI is InChI=1S/C20H29N5O5/c1-4-30-19(27)16-6-5-11-24(14-16)20(22-13-18(26)23(2)3)21-12-15-7-9-17(10-8-15)25(28)29/h7-10,16H,4-6,11-14H2,1-3H3,(H,21,22). The molecule has 30 heavy (non-hydrogen) atoms.